The number of nitrogens with one attached hydrogen (secondary N) is 1. The Balaban J connectivity index is 1.26. The molecule has 0 spiro atoms. The molecule has 190 valence electrons. The van der Waals surface area contributed by atoms with Gasteiger partial charge in [0.2, 0.25) is 11.8 Å². The van der Waals surface area contributed by atoms with Gasteiger partial charge in [0.05, 0.1) is 18.0 Å². The molecule has 1 saturated heterocycles. The third kappa shape index (κ3) is 5.27. The molecule has 2 saturated carbocycles. The van der Waals surface area contributed by atoms with Gasteiger partial charge in [0.15, 0.2) is 0 Å². The van der Waals surface area contributed by atoms with Gasteiger partial charge in [-0.15, -0.1) is 5.10 Å². The zero-order valence-corrected chi connectivity index (χ0v) is 20.9. The molecule has 2 N–H and O–H groups in total. The Kier molecular flexibility index (Phi) is 6.41. The maximum absolute atomic E-state index is 13.8. The van der Waals surface area contributed by atoms with Gasteiger partial charge in [0.1, 0.15) is 12.1 Å². The number of aliphatic hydroxyl groups excluding tert-OH is 1. The summed E-state index contributed by atoms with van der Waals surface area (Å²) < 4.78 is 3.59. The molecule has 5 rings (SSSR count). The van der Waals surface area contributed by atoms with E-state index in [4.69, 9.17) is 0 Å². The van der Waals surface area contributed by atoms with Crippen molar-refractivity contribution in [2.75, 3.05) is 6.54 Å². The average Bonchev–Trinajstić information content (AvgIpc) is 3.16. The standard InChI is InChI=1S/C25H37N7O3/c1-25(2,3)22(32-15-20(28-29-32)18-7-8-18)24(35)31-14-19(33)9-21(31)23(34)26-10-17-11-27-30(13-17)12-16-5-4-6-16/h11,13,15-16,18-19,21-22,33H,4-10,12,14H2,1-3H3,(H,26,34)/t19-,21+,22-/m1/s1. The largest absolute Gasteiger partial charge is 0.391 e. The molecule has 0 bridgehead atoms. The lowest BCUT2D eigenvalue weighted by Crippen LogP contribution is -2.50. The summed E-state index contributed by atoms with van der Waals surface area (Å²) in [6.45, 7) is 7.34. The highest BCUT2D eigenvalue weighted by molar-refractivity contribution is 5.90. The van der Waals surface area contributed by atoms with Crippen molar-refractivity contribution in [1.29, 1.82) is 0 Å². The summed E-state index contributed by atoms with van der Waals surface area (Å²) in [5.74, 6) is 0.670. The number of β-amino-alcohol motifs (C(OH)–C–C–N with tert-alkyl or cyclic N) is 1. The number of amides is 2. The number of carbonyl (C=O) groups is 2. The molecule has 1 aliphatic heterocycles. The minimum Gasteiger partial charge on any atom is -0.391 e. The van der Waals surface area contributed by atoms with Crippen LogP contribution in [0.1, 0.15) is 82.5 Å². The third-order valence-corrected chi connectivity index (χ3v) is 7.53. The van der Waals surface area contributed by atoms with Crippen molar-refractivity contribution in [3.8, 4) is 0 Å². The highest BCUT2D eigenvalue weighted by atomic mass is 16.3. The van der Waals surface area contributed by atoms with Gasteiger partial charge >= 0.3 is 0 Å². The molecule has 0 aromatic carbocycles. The van der Waals surface area contributed by atoms with Crippen molar-refractivity contribution in [3.05, 3.63) is 29.8 Å². The van der Waals surface area contributed by atoms with Crippen molar-refractivity contribution >= 4 is 11.8 Å². The molecule has 0 radical (unpaired) electrons. The van der Waals surface area contributed by atoms with Crippen LogP contribution in [0.4, 0.5) is 0 Å². The SMILES string of the molecule is CC(C)(C)[C@@H](C(=O)N1C[C@H](O)C[C@H]1C(=O)NCc1cnn(CC2CCC2)c1)n1cc(C2CC2)nn1. The molecule has 35 heavy (non-hydrogen) atoms. The van der Waals surface area contributed by atoms with Crippen molar-refractivity contribution < 1.29 is 14.7 Å². The Bertz CT molecular complexity index is 1060. The van der Waals surface area contributed by atoms with Crippen molar-refractivity contribution in [2.24, 2.45) is 11.3 Å². The van der Waals surface area contributed by atoms with Crippen molar-refractivity contribution in [3.63, 3.8) is 0 Å². The van der Waals surface area contributed by atoms with Gasteiger partial charge in [-0.3, -0.25) is 14.3 Å². The smallest absolute Gasteiger partial charge is 0.248 e. The maximum atomic E-state index is 13.8. The molecule has 2 amide bonds. The summed E-state index contributed by atoms with van der Waals surface area (Å²) in [4.78, 5) is 28.5. The average molecular weight is 484 g/mol. The second-order valence-electron chi connectivity index (χ2n) is 11.6. The Morgan fingerprint density at radius 3 is 2.63 bits per heavy atom. The predicted molar refractivity (Wildman–Crippen MR) is 128 cm³/mol. The van der Waals surface area contributed by atoms with Crippen LogP contribution >= 0.6 is 0 Å². The summed E-state index contributed by atoms with van der Waals surface area (Å²) in [6.07, 6.45) is 11.1. The zero-order valence-electron chi connectivity index (χ0n) is 20.9. The lowest BCUT2D eigenvalue weighted by atomic mass is 9.85. The van der Waals surface area contributed by atoms with E-state index in [1.54, 1.807) is 10.9 Å². The third-order valence-electron chi connectivity index (χ3n) is 7.53. The molecule has 10 heteroatoms. The van der Waals surface area contributed by atoms with Gasteiger partial charge in [0.25, 0.3) is 0 Å². The normalized spacial score (nSPS) is 23.8. The van der Waals surface area contributed by atoms with E-state index in [9.17, 15) is 14.7 Å². The van der Waals surface area contributed by atoms with Crippen molar-refractivity contribution in [2.45, 2.75) is 96.5 Å². The van der Waals surface area contributed by atoms with Gasteiger partial charge < -0.3 is 15.3 Å². The summed E-state index contributed by atoms with van der Waals surface area (Å²) >= 11 is 0. The lowest BCUT2D eigenvalue weighted by molar-refractivity contribution is -0.144. The second-order valence-corrected chi connectivity index (χ2v) is 11.6. The number of carbonyl (C=O) groups excluding carboxylic acids is 2. The van der Waals surface area contributed by atoms with Gasteiger partial charge in [-0.1, -0.05) is 32.4 Å². The maximum Gasteiger partial charge on any atom is 0.248 e. The molecule has 3 atom stereocenters. The molecule has 2 aromatic heterocycles. The van der Waals surface area contributed by atoms with E-state index in [0.717, 1.165) is 30.6 Å². The number of hydrogen-bond donors (Lipinski definition) is 2. The van der Waals surface area contributed by atoms with E-state index in [1.165, 1.54) is 24.2 Å². The number of nitrogens with zero attached hydrogens (tertiary/aromatic N) is 6. The fourth-order valence-corrected chi connectivity index (χ4v) is 5.17. The van der Waals surface area contributed by atoms with Crippen molar-refractivity contribution in [1.82, 2.24) is 35.0 Å². The lowest BCUT2D eigenvalue weighted by Gasteiger charge is -2.34. The van der Waals surface area contributed by atoms with Crippen LogP contribution in [0.15, 0.2) is 18.6 Å². The van der Waals surface area contributed by atoms with E-state index in [0.29, 0.717) is 18.4 Å². The Hall–Kier alpha value is -2.75. The second kappa shape index (κ2) is 9.37. The minimum absolute atomic E-state index is 0.132. The van der Waals surface area contributed by atoms with Gasteiger partial charge in [-0.05, 0) is 37.0 Å². The van der Waals surface area contributed by atoms with Gasteiger partial charge in [0, 0.05) is 49.9 Å². The van der Waals surface area contributed by atoms with E-state index < -0.39 is 23.6 Å². The molecular formula is C25H37N7O3. The summed E-state index contributed by atoms with van der Waals surface area (Å²) in [5, 5.41) is 26.3. The predicted octanol–water partition coefficient (Wildman–Crippen LogP) is 2.02. The van der Waals surface area contributed by atoms with E-state index in [-0.39, 0.29) is 24.8 Å². The minimum atomic E-state index is -0.738. The first-order chi connectivity index (χ1) is 16.7. The first-order valence-electron chi connectivity index (χ1n) is 12.9. The van der Waals surface area contributed by atoms with Crippen LogP contribution in [-0.2, 0) is 22.7 Å². The van der Waals surface area contributed by atoms with Crippen LogP contribution in [0.3, 0.4) is 0 Å². The molecule has 0 unspecified atom stereocenters. The monoisotopic (exact) mass is 483 g/mol. The Morgan fingerprint density at radius 2 is 1.97 bits per heavy atom. The first-order valence-corrected chi connectivity index (χ1v) is 12.9. The molecular weight excluding hydrogens is 446 g/mol. The number of aromatic nitrogens is 5. The summed E-state index contributed by atoms with van der Waals surface area (Å²) in [6, 6.07) is -1.34. The molecule has 2 aromatic rings. The quantitative estimate of drug-likeness (QED) is 0.593. The highest BCUT2D eigenvalue weighted by Gasteiger charge is 2.45. The summed E-state index contributed by atoms with van der Waals surface area (Å²) in [5.41, 5.74) is 1.40. The molecule has 3 heterocycles. The Morgan fingerprint density at radius 1 is 1.20 bits per heavy atom. The Labute approximate surface area is 206 Å². The van der Waals surface area contributed by atoms with Crippen LogP contribution in [0.2, 0.25) is 0 Å². The topological polar surface area (TPSA) is 118 Å². The molecule has 2 aliphatic carbocycles. The summed E-state index contributed by atoms with van der Waals surface area (Å²) in [7, 11) is 0. The van der Waals surface area contributed by atoms with E-state index >= 15 is 0 Å². The zero-order chi connectivity index (χ0) is 24.7. The van der Waals surface area contributed by atoms with Crippen LogP contribution in [0, 0.1) is 11.3 Å². The number of aliphatic hydroxyl groups is 1. The number of likely N-dealkylation sites (tertiary alicyclic amines) is 1. The van der Waals surface area contributed by atoms with Crippen LogP contribution in [-0.4, -0.2) is 65.3 Å². The molecule has 3 fully saturated rings. The van der Waals surface area contributed by atoms with Gasteiger partial charge in [-0.25, -0.2) is 4.68 Å². The van der Waals surface area contributed by atoms with E-state index in [2.05, 4.69) is 20.7 Å². The molecule has 3 aliphatic rings. The van der Waals surface area contributed by atoms with Crippen LogP contribution in [0.5, 0.6) is 0 Å². The number of hydrogen-bond acceptors (Lipinski definition) is 6. The van der Waals surface area contributed by atoms with E-state index in [1.807, 2.05) is 37.8 Å². The fraction of sp³-hybridized carbons (Fsp3) is 0.720. The highest BCUT2D eigenvalue weighted by Crippen LogP contribution is 2.40. The fourth-order valence-electron chi connectivity index (χ4n) is 5.17. The molecule has 10 nitrogen and oxygen atoms in total. The van der Waals surface area contributed by atoms with Crippen LogP contribution in [0.25, 0.3) is 0 Å². The number of rotatable bonds is 8. The first kappa shape index (κ1) is 24.0. The van der Waals surface area contributed by atoms with Gasteiger partial charge in [-0.2, -0.15) is 5.10 Å². The van der Waals surface area contributed by atoms with Crippen LogP contribution < -0.4 is 5.32 Å².